The van der Waals surface area contributed by atoms with Gasteiger partial charge in [0.25, 0.3) is 0 Å². The van der Waals surface area contributed by atoms with Gasteiger partial charge in [0.2, 0.25) is 5.16 Å². The second-order valence-electron chi connectivity index (χ2n) is 2.10. The summed E-state index contributed by atoms with van der Waals surface area (Å²) in [4.78, 5) is 0. The topological polar surface area (TPSA) is 66.0 Å². The van der Waals surface area contributed by atoms with E-state index in [2.05, 4.69) is 22.0 Å². The third-order valence-corrected chi connectivity index (χ3v) is 1.99. The van der Waals surface area contributed by atoms with Crippen molar-refractivity contribution in [1.82, 2.24) is 14.9 Å². The van der Waals surface area contributed by atoms with Crippen molar-refractivity contribution in [3.05, 3.63) is 6.33 Å². The summed E-state index contributed by atoms with van der Waals surface area (Å²) in [5, 5.41) is 8.08. The molecule has 0 unspecified atom stereocenters. The number of ether oxygens (including phenoxy) is 1. The molecule has 6 heteroatoms. The van der Waals surface area contributed by atoms with E-state index >= 15 is 0 Å². The van der Waals surface area contributed by atoms with Crippen LogP contribution in [0.15, 0.2) is 11.5 Å². The van der Waals surface area contributed by atoms with E-state index in [-0.39, 0.29) is 0 Å². The number of nitrogen functional groups attached to an aromatic ring is 1. The third kappa shape index (κ3) is 3.36. The van der Waals surface area contributed by atoms with Crippen LogP contribution in [0.5, 0.6) is 0 Å². The van der Waals surface area contributed by atoms with Crippen molar-refractivity contribution in [3.8, 4) is 11.8 Å². The lowest BCUT2D eigenvalue weighted by Gasteiger charge is -1.93. The number of hydrogen-bond donors (Lipinski definition) is 1. The van der Waals surface area contributed by atoms with Gasteiger partial charge in [-0.05, 0) is 0 Å². The molecule has 13 heavy (non-hydrogen) atoms. The lowest BCUT2D eigenvalue weighted by atomic mass is 10.6. The lowest BCUT2D eigenvalue weighted by Crippen LogP contribution is -2.07. The molecule has 0 saturated heterocycles. The van der Waals surface area contributed by atoms with E-state index < -0.39 is 0 Å². The zero-order valence-corrected chi connectivity index (χ0v) is 8.04. The smallest absolute Gasteiger partial charge is 0.210 e. The Morgan fingerprint density at radius 2 is 2.54 bits per heavy atom. The standard InChI is InChI=1S/C7H10N4OS/c1-12-4-2-3-5-13-7-10-9-6-11(7)8/h6H,4-5,8H2,1H3. The van der Waals surface area contributed by atoms with E-state index in [1.807, 2.05) is 0 Å². The van der Waals surface area contributed by atoms with Gasteiger partial charge in [-0.15, -0.1) is 10.2 Å². The predicted octanol–water partition coefficient (Wildman–Crippen LogP) is -0.266. The Morgan fingerprint density at radius 3 is 3.15 bits per heavy atom. The van der Waals surface area contributed by atoms with Crippen LogP contribution in [0.4, 0.5) is 0 Å². The summed E-state index contributed by atoms with van der Waals surface area (Å²) in [5.41, 5.74) is 0. The van der Waals surface area contributed by atoms with Gasteiger partial charge in [-0.2, -0.15) is 0 Å². The number of nitrogens with zero attached hydrogens (tertiary/aromatic N) is 3. The van der Waals surface area contributed by atoms with Crippen LogP contribution in [0.2, 0.25) is 0 Å². The maximum absolute atomic E-state index is 5.48. The Balaban J connectivity index is 2.29. The van der Waals surface area contributed by atoms with Gasteiger partial charge in [0.1, 0.15) is 12.9 Å². The van der Waals surface area contributed by atoms with E-state index in [9.17, 15) is 0 Å². The molecule has 0 aliphatic rings. The van der Waals surface area contributed by atoms with Gasteiger partial charge in [0, 0.05) is 7.11 Å². The zero-order chi connectivity index (χ0) is 9.52. The fourth-order valence-corrected chi connectivity index (χ4v) is 1.21. The molecule has 0 aliphatic heterocycles. The van der Waals surface area contributed by atoms with Gasteiger partial charge in [0.05, 0.1) is 5.75 Å². The van der Waals surface area contributed by atoms with Gasteiger partial charge in [-0.1, -0.05) is 23.6 Å². The van der Waals surface area contributed by atoms with Crippen LogP contribution in [0.3, 0.4) is 0 Å². The monoisotopic (exact) mass is 198 g/mol. The molecule has 1 heterocycles. The minimum absolute atomic E-state index is 0.454. The Bertz CT molecular complexity index is 314. The summed E-state index contributed by atoms with van der Waals surface area (Å²) in [6.45, 7) is 0.454. The maximum Gasteiger partial charge on any atom is 0.210 e. The highest BCUT2D eigenvalue weighted by Crippen LogP contribution is 2.10. The normalized spacial score (nSPS) is 9.31. The molecule has 1 rings (SSSR count). The molecular weight excluding hydrogens is 188 g/mol. The molecule has 0 bridgehead atoms. The molecule has 0 radical (unpaired) electrons. The van der Waals surface area contributed by atoms with Gasteiger partial charge in [0.15, 0.2) is 0 Å². The number of rotatable bonds is 3. The summed E-state index contributed by atoms with van der Waals surface area (Å²) in [6, 6.07) is 0. The Kier molecular flexibility index (Phi) is 4.15. The van der Waals surface area contributed by atoms with Crippen molar-refractivity contribution in [3.63, 3.8) is 0 Å². The highest BCUT2D eigenvalue weighted by Gasteiger charge is 1.98. The SMILES string of the molecule is COCC#CCSc1nncn1N. The summed E-state index contributed by atoms with van der Waals surface area (Å²) < 4.78 is 6.13. The summed E-state index contributed by atoms with van der Waals surface area (Å²) in [6.07, 6.45) is 1.45. The van der Waals surface area contributed by atoms with Crippen LogP contribution in [0.1, 0.15) is 0 Å². The van der Waals surface area contributed by atoms with Crippen molar-refractivity contribution in [2.45, 2.75) is 5.16 Å². The van der Waals surface area contributed by atoms with E-state index in [4.69, 9.17) is 10.6 Å². The van der Waals surface area contributed by atoms with E-state index in [0.29, 0.717) is 17.5 Å². The highest BCUT2D eigenvalue weighted by atomic mass is 32.2. The summed E-state index contributed by atoms with van der Waals surface area (Å²) in [5.74, 6) is 11.8. The minimum Gasteiger partial charge on any atom is -0.372 e. The molecule has 0 saturated carbocycles. The molecule has 70 valence electrons. The average molecular weight is 198 g/mol. The maximum atomic E-state index is 5.48. The Morgan fingerprint density at radius 1 is 1.69 bits per heavy atom. The van der Waals surface area contributed by atoms with Crippen LogP contribution in [-0.2, 0) is 4.74 Å². The average Bonchev–Trinajstić information content (AvgIpc) is 2.52. The molecule has 0 amide bonds. The molecule has 2 N–H and O–H groups in total. The Labute approximate surface area is 80.6 Å². The van der Waals surface area contributed by atoms with Crippen molar-refractivity contribution in [2.75, 3.05) is 25.3 Å². The van der Waals surface area contributed by atoms with Crippen LogP contribution >= 0.6 is 11.8 Å². The summed E-state index contributed by atoms with van der Waals surface area (Å²) >= 11 is 1.44. The summed E-state index contributed by atoms with van der Waals surface area (Å²) in [7, 11) is 1.61. The second-order valence-corrected chi connectivity index (χ2v) is 3.04. The number of thioether (sulfide) groups is 1. The van der Waals surface area contributed by atoms with Crippen molar-refractivity contribution in [2.24, 2.45) is 0 Å². The first-order valence-electron chi connectivity index (χ1n) is 3.57. The highest BCUT2D eigenvalue weighted by molar-refractivity contribution is 7.99. The number of methoxy groups -OCH3 is 1. The Hall–Kier alpha value is -1.19. The van der Waals surface area contributed by atoms with E-state index in [1.165, 1.54) is 22.8 Å². The van der Waals surface area contributed by atoms with Gasteiger partial charge >= 0.3 is 0 Å². The van der Waals surface area contributed by atoms with Crippen molar-refractivity contribution >= 4 is 11.8 Å². The van der Waals surface area contributed by atoms with Crippen LogP contribution < -0.4 is 5.84 Å². The predicted molar refractivity (Wildman–Crippen MR) is 50.5 cm³/mol. The third-order valence-electron chi connectivity index (χ3n) is 1.16. The molecule has 0 aromatic carbocycles. The van der Waals surface area contributed by atoms with E-state index in [0.717, 1.165) is 0 Å². The number of hydrogen-bond acceptors (Lipinski definition) is 5. The molecule has 0 spiro atoms. The quantitative estimate of drug-likeness (QED) is 0.411. The van der Waals surface area contributed by atoms with Crippen LogP contribution in [0.25, 0.3) is 0 Å². The fourth-order valence-electron chi connectivity index (χ4n) is 0.610. The first-order chi connectivity index (χ1) is 6.34. The van der Waals surface area contributed by atoms with Crippen molar-refractivity contribution in [1.29, 1.82) is 0 Å². The van der Waals surface area contributed by atoms with Gasteiger partial charge in [-0.3, -0.25) is 0 Å². The zero-order valence-electron chi connectivity index (χ0n) is 7.23. The first-order valence-corrected chi connectivity index (χ1v) is 4.55. The molecule has 0 atom stereocenters. The van der Waals surface area contributed by atoms with Crippen molar-refractivity contribution < 1.29 is 4.74 Å². The van der Waals surface area contributed by atoms with E-state index in [1.54, 1.807) is 7.11 Å². The molecule has 1 aromatic rings. The number of nitrogens with two attached hydrogens (primary N) is 1. The molecular formula is C7H10N4OS. The molecule has 5 nitrogen and oxygen atoms in total. The first kappa shape index (κ1) is 9.89. The number of aromatic nitrogens is 3. The lowest BCUT2D eigenvalue weighted by molar-refractivity contribution is 0.240. The minimum atomic E-state index is 0.454. The molecule has 0 aliphatic carbocycles. The largest absolute Gasteiger partial charge is 0.372 e. The fraction of sp³-hybridized carbons (Fsp3) is 0.429. The molecule has 0 fully saturated rings. The van der Waals surface area contributed by atoms with Crippen LogP contribution in [-0.4, -0.2) is 34.3 Å². The second kappa shape index (κ2) is 5.45. The van der Waals surface area contributed by atoms with Gasteiger partial charge in [-0.25, -0.2) is 4.68 Å². The molecule has 1 aromatic heterocycles. The van der Waals surface area contributed by atoms with Gasteiger partial charge < -0.3 is 10.6 Å². The van der Waals surface area contributed by atoms with Crippen LogP contribution in [0, 0.1) is 11.8 Å².